The molecule has 0 aliphatic rings. The molecule has 0 heterocycles. The molecule has 0 saturated heterocycles. The average Bonchev–Trinajstić information content (AvgIpc) is 2.50. The molecular formula is C16H13ClF4N2O2. The first-order chi connectivity index (χ1) is 11.6. The van der Waals surface area contributed by atoms with Crippen LogP contribution in [-0.2, 0) is 4.79 Å². The van der Waals surface area contributed by atoms with E-state index < -0.39 is 24.1 Å². The molecule has 0 fully saturated rings. The van der Waals surface area contributed by atoms with Crippen LogP contribution in [0.1, 0.15) is 6.92 Å². The summed E-state index contributed by atoms with van der Waals surface area (Å²) in [6.07, 6.45) is -4.77. The lowest BCUT2D eigenvalue weighted by molar-refractivity contribution is -0.274. The Morgan fingerprint density at radius 2 is 1.80 bits per heavy atom. The minimum atomic E-state index is -4.77. The molecule has 2 rings (SSSR count). The van der Waals surface area contributed by atoms with Gasteiger partial charge in [-0.15, -0.1) is 13.2 Å². The van der Waals surface area contributed by atoms with E-state index in [1.165, 1.54) is 31.2 Å². The van der Waals surface area contributed by atoms with Crippen LogP contribution in [0.3, 0.4) is 0 Å². The van der Waals surface area contributed by atoms with Crippen molar-refractivity contribution in [2.45, 2.75) is 19.3 Å². The quantitative estimate of drug-likeness (QED) is 0.736. The van der Waals surface area contributed by atoms with Gasteiger partial charge in [-0.05, 0) is 49.4 Å². The fourth-order valence-corrected chi connectivity index (χ4v) is 2.06. The number of alkyl halides is 3. The van der Waals surface area contributed by atoms with Gasteiger partial charge < -0.3 is 15.4 Å². The van der Waals surface area contributed by atoms with Crippen LogP contribution < -0.4 is 15.4 Å². The van der Waals surface area contributed by atoms with Crippen molar-refractivity contribution in [2.24, 2.45) is 0 Å². The van der Waals surface area contributed by atoms with Crippen molar-refractivity contribution in [1.29, 1.82) is 0 Å². The SMILES string of the molecule is CC(Nc1ccc(OC(F)(F)F)cc1)C(=O)Nc1ccc(Cl)cc1F. The Morgan fingerprint density at radius 3 is 2.36 bits per heavy atom. The van der Waals surface area contributed by atoms with Gasteiger partial charge in [0.2, 0.25) is 5.91 Å². The van der Waals surface area contributed by atoms with Crippen LogP contribution in [0, 0.1) is 5.82 Å². The van der Waals surface area contributed by atoms with Crippen molar-refractivity contribution in [1.82, 2.24) is 0 Å². The molecule has 134 valence electrons. The third-order valence-electron chi connectivity index (χ3n) is 3.05. The Labute approximate surface area is 145 Å². The number of anilines is 2. The van der Waals surface area contributed by atoms with E-state index in [9.17, 15) is 22.4 Å². The van der Waals surface area contributed by atoms with Crippen molar-refractivity contribution in [3.05, 3.63) is 53.3 Å². The molecule has 0 aliphatic heterocycles. The second-order valence-corrected chi connectivity index (χ2v) is 5.49. The van der Waals surface area contributed by atoms with E-state index in [0.29, 0.717) is 5.69 Å². The fourth-order valence-electron chi connectivity index (χ4n) is 1.90. The summed E-state index contributed by atoms with van der Waals surface area (Å²) in [4.78, 5) is 12.1. The van der Waals surface area contributed by atoms with Crippen LogP contribution in [0.25, 0.3) is 0 Å². The van der Waals surface area contributed by atoms with Crippen molar-refractivity contribution in [2.75, 3.05) is 10.6 Å². The first-order valence-corrected chi connectivity index (χ1v) is 7.40. The molecule has 0 saturated carbocycles. The van der Waals surface area contributed by atoms with Gasteiger partial charge in [0.05, 0.1) is 5.69 Å². The van der Waals surface area contributed by atoms with Crippen molar-refractivity contribution >= 4 is 28.9 Å². The summed E-state index contributed by atoms with van der Waals surface area (Å²) in [7, 11) is 0. The number of ether oxygens (including phenoxy) is 1. The number of hydrogen-bond acceptors (Lipinski definition) is 3. The number of rotatable bonds is 5. The summed E-state index contributed by atoms with van der Waals surface area (Å²) in [5.41, 5.74) is 0.366. The summed E-state index contributed by atoms with van der Waals surface area (Å²) in [5.74, 6) is -1.59. The molecule has 1 amide bonds. The Morgan fingerprint density at radius 1 is 1.16 bits per heavy atom. The maximum Gasteiger partial charge on any atom is 0.573 e. The van der Waals surface area contributed by atoms with Gasteiger partial charge in [-0.2, -0.15) is 0 Å². The van der Waals surface area contributed by atoms with Crippen LogP contribution in [0.4, 0.5) is 28.9 Å². The van der Waals surface area contributed by atoms with Gasteiger partial charge >= 0.3 is 6.36 Å². The Bertz CT molecular complexity index is 751. The highest BCUT2D eigenvalue weighted by Crippen LogP contribution is 2.24. The fraction of sp³-hybridized carbons (Fsp3) is 0.188. The number of amides is 1. The van der Waals surface area contributed by atoms with E-state index >= 15 is 0 Å². The summed E-state index contributed by atoms with van der Waals surface area (Å²) < 4.78 is 53.7. The van der Waals surface area contributed by atoms with Crippen LogP contribution in [-0.4, -0.2) is 18.3 Å². The maximum absolute atomic E-state index is 13.7. The van der Waals surface area contributed by atoms with E-state index in [-0.39, 0.29) is 16.5 Å². The van der Waals surface area contributed by atoms with Crippen LogP contribution >= 0.6 is 11.6 Å². The lowest BCUT2D eigenvalue weighted by atomic mass is 10.2. The number of hydrogen-bond donors (Lipinski definition) is 2. The zero-order chi connectivity index (χ0) is 18.6. The van der Waals surface area contributed by atoms with Gasteiger partial charge in [-0.3, -0.25) is 4.79 Å². The van der Waals surface area contributed by atoms with E-state index in [1.807, 2.05) is 0 Å². The zero-order valence-electron chi connectivity index (χ0n) is 12.8. The molecule has 2 aromatic carbocycles. The second-order valence-electron chi connectivity index (χ2n) is 5.05. The molecule has 0 radical (unpaired) electrons. The predicted octanol–water partition coefficient (Wildman–Crippen LogP) is 4.82. The van der Waals surface area contributed by atoms with Crippen LogP contribution in [0.2, 0.25) is 5.02 Å². The number of benzene rings is 2. The number of carbonyl (C=O) groups is 1. The standard InChI is InChI=1S/C16H13ClF4N2O2/c1-9(15(24)23-14-7-2-10(17)8-13(14)18)22-11-3-5-12(6-4-11)25-16(19,20)21/h2-9,22H,1H3,(H,23,24). The molecule has 0 bridgehead atoms. The lowest BCUT2D eigenvalue weighted by Gasteiger charge is -2.16. The molecule has 0 aromatic heterocycles. The number of halogens is 5. The third kappa shape index (κ3) is 5.82. The van der Waals surface area contributed by atoms with E-state index in [2.05, 4.69) is 15.4 Å². The van der Waals surface area contributed by atoms with Crippen molar-refractivity contribution in [3.63, 3.8) is 0 Å². The topological polar surface area (TPSA) is 50.4 Å². The van der Waals surface area contributed by atoms with Crippen LogP contribution in [0.5, 0.6) is 5.75 Å². The van der Waals surface area contributed by atoms with Gasteiger partial charge in [0.1, 0.15) is 17.6 Å². The molecular weight excluding hydrogens is 364 g/mol. The highest BCUT2D eigenvalue weighted by atomic mass is 35.5. The predicted molar refractivity (Wildman–Crippen MR) is 86.2 cm³/mol. The Balaban J connectivity index is 1.96. The first kappa shape index (κ1) is 18.9. The van der Waals surface area contributed by atoms with Crippen LogP contribution in [0.15, 0.2) is 42.5 Å². The summed E-state index contributed by atoms with van der Waals surface area (Å²) in [5, 5.41) is 5.37. The molecule has 9 heteroatoms. The average molecular weight is 377 g/mol. The smallest absolute Gasteiger partial charge is 0.406 e. The zero-order valence-corrected chi connectivity index (χ0v) is 13.6. The summed E-state index contributed by atoms with van der Waals surface area (Å²) in [6.45, 7) is 1.52. The van der Waals surface area contributed by atoms with E-state index in [1.54, 1.807) is 0 Å². The minimum absolute atomic E-state index is 0.0306. The van der Waals surface area contributed by atoms with Gasteiger partial charge in [-0.25, -0.2) is 4.39 Å². The Hall–Kier alpha value is -2.48. The van der Waals surface area contributed by atoms with Crippen molar-refractivity contribution in [3.8, 4) is 5.75 Å². The summed E-state index contributed by atoms with van der Waals surface area (Å²) in [6, 6.07) is 7.92. The highest BCUT2D eigenvalue weighted by molar-refractivity contribution is 6.30. The Kier molecular flexibility index (Phi) is 5.73. The highest BCUT2D eigenvalue weighted by Gasteiger charge is 2.31. The van der Waals surface area contributed by atoms with E-state index in [0.717, 1.165) is 18.2 Å². The van der Waals surface area contributed by atoms with Gasteiger partial charge in [0, 0.05) is 10.7 Å². The molecule has 0 aliphatic carbocycles. The monoisotopic (exact) mass is 376 g/mol. The molecule has 25 heavy (non-hydrogen) atoms. The molecule has 1 unspecified atom stereocenters. The van der Waals surface area contributed by atoms with Gasteiger partial charge in [-0.1, -0.05) is 11.6 Å². The van der Waals surface area contributed by atoms with Gasteiger partial charge in [0.15, 0.2) is 0 Å². The molecule has 4 nitrogen and oxygen atoms in total. The van der Waals surface area contributed by atoms with Crippen molar-refractivity contribution < 1.29 is 27.1 Å². The normalized spacial score (nSPS) is 12.4. The number of nitrogens with one attached hydrogen (secondary N) is 2. The lowest BCUT2D eigenvalue weighted by Crippen LogP contribution is -2.32. The second kappa shape index (κ2) is 7.60. The maximum atomic E-state index is 13.7. The van der Waals surface area contributed by atoms with Gasteiger partial charge in [0.25, 0.3) is 0 Å². The largest absolute Gasteiger partial charge is 0.573 e. The third-order valence-corrected chi connectivity index (χ3v) is 3.29. The molecule has 2 aromatic rings. The first-order valence-electron chi connectivity index (χ1n) is 7.02. The molecule has 1 atom stereocenters. The number of carbonyl (C=O) groups excluding carboxylic acids is 1. The molecule has 2 N–H and O–H groups in total. The minimum Gasteiger partial charge on any atom is -0.406 e. The van der Waals surface area contributed by atoms with E-state index in [4.69, 9.17) is 11.6 Å². The molecule has 0 spiro atoms. The summed E-state index contributed by atoms with van der Waals surface area (Å²) >= 11 is 5.63.